The van der Waals surface area contributed by atoms with Crippen LogP contribution in [0.2, 0.25) is 0 Å². The van der Waals surface area contributed by atoms with Crippen LogP contribution in [0, 0.1) is 5.82 Å². The molecule has 0 radical (unpaired) electrons. The van der Waals surface area contributed by atoms with Gasteiger partial charge in [0.25, 0.3) is 11.8 Å². The second-order valence-corrected chi connectivity index (χ2v) is 6.01. The maximum Gasteiger partial charge on any atom is 0.335 e. The summed E-state index contributed by atoms with van der Waals surface area (Å²) in [6.07, 6.45) is 1.34. The molecule has 4 amide bonds. The smallest absolute Gasteiger partial charge is 0.335 e. The fourth-order valence-electron chi connectivity index (χ4n) is 2.83. The van der Waals surface area contributed by atoms with Gasteiger partial charge in [-0.2, -0.15) is 0 Å². The first-order valence-corrected chi connectivity index (χ1v) is 9.01. The molecule has 29 heavy (non-hydrogen) atoms. The Hall–Kier alpha value is -3.68. The Kier molecular flexibility index (Phi) is 5.92. The first kappa shape index (κ1) is 20.1. The Balaban J connectivity index is 1.99. The third kappa shape index (κ3) is 4.26. The molecule has 1 saturated heterocycles. The van der Waals surface area contributed by atoms with Gasteiger partial charge in [-0.1, -0.05) is 12.1 Å². The summed E-state index contributed by atoms with van der Waals surface area (Å²) in [5, 5.41) is 2.10. The summed E-state index contributed by atoms with van der Waals surface area (Å²) in [4.78, 5) is 38.0. The van der Waals surface area contributed by atoms with E-state index >= 15 is 0 Å². The Morgan fingerprint density at radius 2 is 1.72 bits per heavy atom. The van der Waals surface area contributed by atoms with Crippen LogP contribution in [0.1, 0.15) is 19.4 Å². The Morgan fingerprint density at radius 3 is 2.41 bits per heavy atom. The van der Waals surface area contributed by atoms with Gasteiger partial charge in [0.1, 0.15) is 11.4 Å². The van der Waals surface area contributed by atoms with E-state index < -0.39 is 23.7 Å². The minimum absolute atomic E-state index is 0.0209. The quantitative estimate of drug-likeness (QED) is 0.596. The zero-order chi connectivity index (χ0) is 21.0. The largest absolute Gasteiger partial charge is 0.490 e. The van der Waals surface area contributed by atoms with Crippen molar-refractivity contribution in [3.05, 3.63) is 59.4 Å². The highest BCUT2D eigenvalue weighted by atomic mass is 19.1. The number of amides is 4. The number of hydrogen-bond acceptors (Lipinski definition) is 5. The van der Waals surface area contributed by atoms with Gasteiger partial charge in [0.15, 0.2) is 11.5 Å². The van der Waals surface area contributed by atoms with Crippen LogP contribution < -0.4 is 19.7 Å². The number of barbiturate groups is 1. The lowest BCUT2D eigenvalue weighted by Crippen LogP contribution is -2.54. The van der Waals surface area contributed by atoms with Gasteiger partial charge < -0.3 is 9.47 Å². The fraction of sp³-hybridized carbons (Fsp3) is 0.190. The molecule has 0 unspecified atom stereocenters. The highest BCUT2D eigenvalue weighted by molar-refractivity contribution is 6.39. The summed E-state index contributed by atoms with van der Waals surface area (Å²) in [7, 11) is 0. The van der Waals surface area contributed by atoms with Gasteiger partial charge in [0, 0.05) is 0 Å². The van der Waals surface area contributed by atoms with E-state index in [4.69, 9.17) is 9.47 Å². The van der Waals surface area contributed by atoms with E-state index in [2.05, 4.69) is 5.32 Å². The third-order valence-corrected chi connectivity index (χ3v) is 4.05. The standard InChI is InChI=1S/C21H19FN2O5/c1-3-28-17-9-8-13(11-18(17)29-4-2)10-16-19(25)23-21(27)24(20(16)26)15-7-5-6-14(22)12-15/h5-12H,3-4H2,1-2H3,(H,23,25,27)/b16-10+. The highest BCUT2D eigenvalue weighted by Crippen LogP contribution is 2.30. The number of benzene rings is 2. The number of anilines is 1. The van der Waals surface area contributed by atoms with Gasteiger partial charge in [-0.15, -0.1) is 0 Å². The topological polar surface area (TPSA) is 84.9 Å². The maximum absolute atomic E-state index is 13.5. The molecule has 1 N–H and O–H groups in total. The molecule has 1 heterocycles. The predicted octanol–water partition coefficient (Wildman–Crippen LogP) is 3.29. The van der Waals surface area contributed by atoms with Crippen LogP contribution in [0.4, 0.5) is 14.9 Å². The van der Waals surface area contributed by atoms with Crippen molar-refractivity contribution in [3.63, 3.8) is 0 Å². The molecule has 7 nitrogen and oxygen atoms in total. The van der Waals surface area contributed by atoms with E-state index in [1.54, 1.807) is 18.2 Å². The van der Waals surface area contributed by atoms with Gasteiger partial charge in [0.2, 0.25) is 0 Å². The van der Waals surface area contributed by atoms with Crippen LogP contribution in [0.25, 0.3) is 6.08 Å². The van der Waals surface area contributed by atoms with E-state index in [0.29, 0.717) is 35.2 Å². The van der Waals surface area contributed by atoms with E-state index in [-0.39, 0.29) is 11.3 Å². The van der Waals surface area contributed by atoms with Gasteiger partial charge in [0.05, 0.1) is 18.9 Å². The molecular formula is C21H19FN2O5. The van der Waals surface area contributed by atoms with Crippen LogP contribution in [-0.4, -0.2) is 31.1 Å². The van der Waals surface area contributed by atoms with Crippen molar-refractivity contribution < 1.29 is 28.2 Å². The number of urea groups is 1. The highest BCUT2D eigenvalue weighted by Gasteiger charge is 2.36. The summed E-state index contributed by atoms with van der Waals surface area (Å²) < 4.78 is 24.6. The van der Waals surface area contributed by atoms with Crippen LogP contribution in [0.3, 0.4) is 0 Å². The molecule has 0 spiro atoms. The summed E-state index contributed by atoms with van der Waals surface area (Å²) in [5.41, 5.74) is 0.261. The molecule has 0 aromatic heterocycles. The van der Waals surface area contributed by atoms with Crippen molar-refractivity contribution in [2.24, 2.45) is 0 Å². The van der Waals surface area contributed by atoms with Crippen LogP contribution in [0.5, 0.6) is 11.5 Å². The molecule has 8 heteroatoms. The molecule has 150 valence electrons. The van der Waals surface area contributed by atoms with Crippen molar-refractivity contribution >= 4 is 29.6 Å². The van der Waals surface area contributed by atoms with E-state index in [1.165, 1.54) is 24.3 Å². The van der Waals surface area contributed by atoms with Crippen LogP contribution in [-0.2, 0) is 9.59 Å². The first-order chi connectivity index (χ1) is 13.9. The molecule has 0 bridgehead atoms. The molecule has 2 aromatic rings. The number of nitrogens with one attached hydrogen (secondary N) is 1. The molecule has 0 atom stereocenters. The Bertz CT molecular complexity index is 1000. The van der Waals surface area contributed by atoms with Gasteiger partial charge >= 0.3 is 6.03 Å². The average Bonchev–Trinajstić information content (AvgIpc) is 2.67. The van der Waals surface area contributed by atoms with Crippen LogP contribution in [0.15, 0.2) is 48.0 Å². The zero-order valence-electron chi connectivity index (χ0n) is 15.9. The van der Waals surface area contributed by atoms with E-state index in [1.807, 2.05) is 13.8 Å². The van der Waals surface area contributed by atoms with Gasteiger partial charge in [-0.3, -0.25) is 14.9 Å². The number of rotatable bonds is 6. The molecule has 1 fully saturated rings. The number of ether oxygens (including phenoxy) is 2. The third-order valence-electron chi connectivity index (χ3n) is 4.05. The predicted molar refractivity (Wildman–Crippen MR) is 104 cm³/mol. The lowest BCUT2D eigenvalue weighted by molar-refractivity contribution is -0.122. The summed E-state index contributed by atoms with van der Waals surface area (Å²) in [6.45, 7) is 4.52. The molecule has 1 aliphatic heterocycles. The van der Waals surface area contributed by atoms with E-state index in [0.717, 1.165) is 6.07 Å². The monoisotopic (exact) mass is 398 g/mol. The maximum atomic E-state index is 13.5. The molecule has 0 saturated carbocycles. The second kappa shape index (κ2) is 8.55. The lowest BCUT2D eigenvalue weighted by Gasteiger charge is -2.26. The van der Waals surface area contributed by atoms with Crippen molar-refractivity contribution in [3.8, 4) is 11.5 Å². The summed E-state index contributed by atoms with van der Waals surface area (Å²) in [6, 6.07) is 9.01. The van der Waals surface area contributed by atoms with Gasteiger partial charge in [-0.05, 0) is 55.8 Å². The molecule has 0 aliphatic carbocycles. The second-order valence-electron chi connectivity index (χ2n) is 6.01. The van der Waals surface area contributed by atoms with Crippen molar-refractivity contribution in [2.45, 2.75) is 13.8 Å². The molecule has 1 aliphatic rings. The number of nitrogens with zero attached hydrogens (tertiary/aromatic N) is 1. The van der Waals surface area contributed by atoms with E-state index in [9.17, 15) is 18.8 Å². The summed E-state index contributed by atoms with van der Waals surface area (Å²) >= 11 is 0. The number of hydrogen-bond donors (Lipinski definition) is 1. The minimum atomic E-state index is -0.940. The Labute approximate surface area is 166 Å². The zero-order valence-corrected chi connectivity index (χ0v) is 15.9. The van der Waals surface area contributed by atoms with Crippen molar-refractivity contribution in [1.29, 1.82) is 0 Å². The number of imide groups is 2. The SMILES string of the molecule is CCOc1ccc(/C=C2\C(=O)NC(=O)N(c3cccc(F)c3)C2=O)cc1OCC. The average molecular weight is 398 g/mol. The van der Waals surface area contributed by atoms with Crippen molar-refractivity contribution in [1.82, 2.24) is 5.32 Å². The first-order valence-electron chi connectivity index (χ1n) is 9.01. The Morgan fingerprint density at radius 1 is 1.00 bits per heavy atom. The molecule has 3 rings (SSSR count). The number of carbonyl (C=O) groups excluding carboxylic acids is 3. The van der Waals surface area contributed by atoms with Crippen molar-refractivity contribution in [2.75, 3.05) is 18.1 Å². The van der Waals surface area contributed by atoms with Crippen LogP contribution >= 0.6 is 0 Å². The number of carbonyl (C=O) groups is 3. The molecular weight excluding hydrogens is 379 g/mol. The fourth-order valence-corrected chi connectivity index (χ4v) is 2.83. The normalized spacial score (nSPS) is 15.5. The summed E-state index contributed by atoms with van der Waals surface area (Å²) in [5.74, 6) is -1.30. The number of halogens is 1. The minimum Gasteiger partial charge on any atom is -0.490 e. The van der Waals surface area contributed by atoms with Gasteiger partial charge in [-0.25, -0.2) is 14.1 Å². The molecule has 2 aromatic carbocycles. The lowest BCUT2D eigenvalue weighted by atomic mass is 10.1.